The minimum atomic E-state index is -0.770. The van der Waals surface area contributed by atoms with Gasteiger partial charge in [-0.25, -0.2) is 43.1 Å². The van der Waals surface area contributed by atoms with Gasteiger partial charge in [-0.05, 0) is 193 Å². The molecule has 32 heteroatoms. The predicted octanol–water partition coefficient (Wildman–Crippen LogP) is 17.2. The van der Waals surface area contributed by atoms with Gasteiger partial charge in [-0.1, -0.05) is 53.7 Å². The average molecular weight is 1740 g/mol. The Labute approximate surface area is 728 Å². The van der Waals surface area contributed by atoms with E-state index in [1.807, 2.05) is 83.0 Å². The van der Waals surface area contributed by atoms with Crippen LogP contribution in [0.5, 0.6) is 11.5 Å². The van der Waals surface area contributed by atoms with Gasteiger partial charge in [0.25, 0.3) is 0 Å². The summed E-state index contributed by atoms with van der Waals surface area (Å²) in [6.07, 6.45) is 11.0. The molecule has 20 rings (SSSR count). The predicted molar refractivity (Wildman–Crippen MR) is 468 cm³/mol. The summed E-state index contributed by atoms with van der Waals surface area (Å²) in [5.41, 5.74) is 12.2. The lowest BCUT2D eigenvalue weighted by molar-refractivity contribution is -0.137. The van der Waals surface area contributed by atoms with Crippen LogP contribution in [0.2, 0.25) is 0 Å². The maximum absolute atomic E-state index is 16.9. The lowest BCUT2D eigenvalue weighted by Gasteiger charge is -2.31. The molecule has 0 bridgehead atoms. The topological polar surface area (TPSA) is 331 Å². The summed E-state index contributed by atoms with van der Waals surface area (Å²) in [5.74, 6) is 2.95. The molecule has 6 aliphatic heterocycles. The monoisotopic (exact) mass is 1730 g/mol. The highest BCUT2D eigenvalue weighted by molar-refractivity contribution is 7.12. The number of benzene rings is 4. The largest absolute Gasteiger partial charge is 0.464 e. The molecule has 4 aromatic carbocycles. The highest BCUT2D eigenvalue weighted by Crippen LogP contribution is 2.56. The Hall–Kier alpha value is -12.2. The van der Waals surface area contributed by atoms with E-state index in [1.54, 1.807) is 51.1 Å². The number of rotatable bonds is 19. The van der Waals surface area contributed by atoms with Gasteiger partial charge in [-0.15, -0.1) is 22.7 Å². The number of carbonyl (C=O) groups excluding carboxylic acids is 6. The molecule has 14 heterocycles. The van der Waals surface area contributed by atoms with Crippen molar-refractivity contribution in [1.82, 2.24) is 85.0 Å². The highest BCUT2D eigenvalue weighted by Gasteiger charge is 2.57. The number of imidazole rings is 4. The lowest BCUT2D eigenvalue weighted by atomic mass is 10.0. The van der Waals surface area contributed by atoms with Crippen molar-refractivity contribution < 1.29 is 61.2 Å². The van der Waals surface area contributed by atoms with E-state index < -0.39 is 60.5 Å². The van der Waals surface area contributed by atoms with E-state index in [1.165, 1.54) is 50.3 Å². The van der Waals surface area contributed by atoms with Crippen LogP contribution >= 0.6 is 22.7 Å². The molecule has 28 nitrogen and oxygen atoms in total. The van der Waals surface area contributed by atoms with Crippen molar-refractivity contribution in [2.24, 2.45) is 29.6 Å². The van der Waals surface area contributed by atoms with Crippen molar-refractivity contribution in [2.75, 3.05) is 34.4 Å². The first-order chi connectivity index (χ1) is 60.2. The molecular weight excluding hydrogens is 1630 g/mol. The number of piperidine rings is 2. The second-order valence-electron chi connectivity index (χ2n) is 35.5. The van der Waals surface area contributed by atoms with Crippen LogP contribution in [0.15, 0.2) is 110 Å². The van der Waals surface area contributed by atoms with Gasteiger partial charge < -0.3 is 79.6 Å². The first-order valence-electron chi connectivity index (χ1n) is 43.1. The molecule has 650 valence electrons. The Morgan fingerprint density at radius 2 is 0.896 bits per heavy atom. The number of carbonyl (C=O) groups is 6. The number of aromatic nitrogens is 10. The number of nitrogens with one attached hydrogen (secondary N) is 8. The molecule has 2 aliphatic carbocycles. The maximum Gasteiger partial charge on any atom is 0.407 e. The summed E-state index contributed by atoms with van der Waals surface area (Å²) in [7, 11) is 3.84. The molecule has 125 heavy (non-hydrogen) atoms. The Morgan fingerprint density at radius 1 is 0.480 bits per heavy atom. The Balaban J connectivity index is 0.000000166. The third kappa shape index (κ3) is 15.0. The van der Waals surface area contributed by atoms with Gasteiger partial charge >= 0.3 is 18.3 Å². The summed E-state index contributed by atoms with van der Waals surface area (Å²) in [5, 5.41) is 13.7. The van der Waals surface area contributed by atoms with Gasteiger partial charge in [0.1, 0.15) is 64.6 Å². The number of alkyl carbamates (subject to hydrolysis) is 3. The molecule has 4 unspecified atom stereocenters. The highest BCUT2D eigenvalue weighted by atomic mass is 32.1. The number of ether oxygens (including phenoxy) is 5. The van der Waals surface area contributed by atoms with Crippen LogP contribution in [-0.4, -0.2) is 164 Å². The number of hydrogen-bond acceptors (Lipinski definition) is 18. The molecule has 0 radical (unpaired) electrons. The quantitative estimate of drug-likeness (QED) is 0.0349. The van der Waals surface area contributed by atoms with Crippen molar-refractivity contribution >= 4 is 80.5 Å². The SMILES string of the molecule is COC(=O)NC(C(=O)N1CCC[C@H]1c1ncc(-c2cc(F)c3c(c2)OC(c2cc(C)c(C)s2)n2c-3cc3cc(-c4cnc([C@@H]5C[C@H]6C[C@H]6N5)[nH]4)ccc32)[nH]1)C(C)C.COC(=O)NC(C(=O)N1CCC[C@H]1c1ncc(-c2cc(F)c3c(c2)OC(c2cc(C)c(C)s2)n2c-3cc3cc(-c4cnc([C@@H]5C[C@H]6C[C@H]6N5C(=O)[C@@H](NC(=O)OC)C(C)C)[nH]4)ccc32)[nH]1)C(C)C. The minimum absolute atomic E-state index is 0.107. The van der Waals surface area contributed by atoms with Crippen LogP contribution in [0.3, 0.4) is 0 Å². The fourth-order valence-corrected chi connectivity index (χ4v) is 21.6. The third-order valence-electron chi connectivity index (χ3n) is 26.5. The molecular formula is C93H101F2N17O11S2. The van der Waals surface area contributed by atoms with Gasteiger partial charge in [-0.3, -0.25) is 23.5 Å². The molecule has 0 spiro atoms. The summed E-state index contributed by atoms with van der Waals surface area (Å²) in [4.78, 5) is 121. The molecule has 8 aliphatic rings. The first-order valence-corrected chi connectivity index (χ1v) is 44.7. The Bertz CT molecular complexity index is 6230. The number of aryl methyl sites for hydroxylation is 4. The lowest BCUT2D eigenvalue weighted by Crippen LogP contribution is -2.52. The number of likely N-dealkylation sites (tertiary alicyclic amines) is 3. The molecule has 4 saturated heterocycles. The summed E-state index contributed by atoms with van der Waals surface area (Å²) in [6, 6.07) is 25.3. The number of halogens is 2. The number of thiophene rings is 2. The van der Waals surface area contributed by atoms with Crippen LogP contribution in [-0.2, 0) is 28.6 Å². The average Bonchev–Trinajstić information content (AvgIpc) is 1.59. The van der Waals surface area contributed by atoms with Gasteiger partial charge in [0.05, 0.1) is 136 Å². The molecule has 6 amide bonds. The number of aromatic amines is 4. The van der Waals surface area contributed by atoms with Crippen molar-refractivity contribution in [2.45, 2.75) is 187 Å². The fraction of sp³-hybridized carbons (Fsp3) is 0.419. The zero-order chi connectivity index (χ0) is 87.1. The maximum atomic E-state index is 16.9. The van der Waals surface area contributed by atoms with Crippen LogP contribution in [0.1, 0.15) is 183 Å². The van der Waals surface area contributed by atoms with Crippen molar-refractivity contribution in [3.63, 3.8) is 0 Å². The van der Waals surface area contributed by atoms with Gasteiger partial charge in [-0.2, -0.15) is 0 Å². The van der Waals surface area contributed by atoms with E-state index in [9.17, 15) is 28.8 Å². The number of amides is 6. The van der Waals surface area contributed by atoms with Gasteiger partial charge in [0.2, 0.25) is 30.2 Å². The summed E-state index contributed by atoms with van der Waals surface area (Å²) >= 11 is 3.33. The van der Waals surface area contributed by atoms with Crippen molar-refractivity contribution in [3.05, 3.63) is 175 Å². The minimum Gasteiger partial charge on any atom is -0.464 e. The van der Waals surface area contributed by atoms with Crippen LogP contribution in [0.25, 0.3) is 89.4 Å². The zero-order valence-corrected chi connectivity index (χ0v) is 73.4. The van der Waals surface area contributed by atoms with E-state index in [4.69, 9.17) is 43.6 Å². The first kappa shape index (κ1) is 82.4. The molecule has 13 atom stereocenters. The van der Waals surface area contributed by atoms with Crippen LogP contribution in [0.4, 0.5) is 23.2 Å². The van der Waals surface area contributed by atoms with Gasteiger partial charge in [0.15, 0.2) is 0 Å². The standard InChI is InChI=1S/C50H56FN9O7S.C43H45FN8O4S/c1-23(2)42(56-49(63)65-7)46(61)58-13-9-10-35(58)44-52-22-33(55-44)28-16-31(51)41-37-18-29-15-27(11-12-34(29)60(37)48(67-39(41)20-28)40-14-25(5)26(6)68-40)32-21-53-45(54-32)38-19-30-17-36(30)59(38)47(62)43(24(3)4)57-50(64)66-8;1-20(2)38(50-43(54)55-5)41(53)51-10-6-7-33(51)40-46-19-31(49-40)24-13-27(44)37-34-16-26-12-23(30-18-45-39(48-30)29-15-25-14-28(25)47-29)8-9-32(26)52(34)42(56-35(37)17-24)36-11-21(3)22(4)57-36/h11-12,14-16,18,20-24,30,35-36,38,42-43,48H,9-10,13,17,19H2,1-8H3,(H,52,55)(H,53,54)(H,56,63)(H,57,64);8-9,11-13,16-20,25,28-29,33,38,42,47H,6-7,10,14-15H2,1-5H3,(H,45,48)(H,46,49)(H,50,54)/t30-,35+,36-,38+,42?,43+,48?;25-,28-,29+,33+,38?,42?/m11/s1. The number of hydrogen-bond donors (Lipinski definition) is 8. The Morgan fingerprint density at radius 3 is 1.30 bits per heavy atom. The Kier molecular flexibility index (Phi) is 21.4. The molecule has 8 aromatic heterocycles. The second-order valence-corrected chi connectivity index (χ2v) is 38.1. The smallest absolute Gasteiger partial charge is 0.407 e. The van der Waals surface area contributed by atoms with Crippen molar-refractivity contribution in [1.29, 1.82) is 0 Å². The molecule has 8 N–H and O–H groups in total. The third-order valence-corrected chi connectivity index (χ3v) is 28.9. The number of nitrogens with zero attached hydrogens (tertiary/aromatic N) is 9. The molecule has 12 aromatic rings. The number of methoxy groups -OCH3 is 3. The summed E-state index contributed by atoms with van der Waals surface area (Å²) < 4.78 is 65.9. The van der Waals surface area contributed by atoms with Crippen molar-refractivity contribution in [3.8, 4) is 79.0 Å². The number of fused-ring (bicyclic) bond motifs is 12. The summed E-state index contributed by atoms with van der Waals surface area (Å²) in [6.45, 7) is 20.7. The van der Waals surface area contributed by atoms with E-state index in [-0.39, 0.29) is 65.7 Å². The second kappa shape index (κ2) is 32.4. The van der Waals surface area contributed by atoms with Crippen LogP contribution < -0.4 is 30.7 Å². The molecule has 6 fully saturated rings. The van der Waals surface area contributed by atoms with E-state index >= 15 is 8.78 Å². The fourth-order valence-electron chi connectivity index (χ4n) is 19.4. The number of H-pyrrole nitrogens is 4. The van der Waals surface area contributed by atoms with E-state index in [0.29, 0.717) is 106 Å². The van der Waals surface area contributed by atoms with E-state index in [0.717, 1.165) is 114 Å². The van der Waals surface area contributed by atoms with E-state index in [2.05, 4.69) is 120 Å². The zero-order valence-electron chi connectivity index (χ0n) is 71.8. The van der Waals surface area contributed by atoms with Gasteiger partial charge in [0, 0.05) is 68.0 Å². The normalized spacial score (nSPS) is 21.9. The molecule has 2 saturated carbocycles. The van der Waals surface area contributed by atoms with Crippen LogP contribution in [0, 0.1) is 68.9 Å².